The summed E-state index contributed by atoms with van der Waals surface area (Å²) in [5, 5.41) is 4.15. The van der Waals surface area contributed by atoms with Crippen LogP contribution >= 0.6 is 7.29 Å². The second-order valence-electron chi connectivity index (χ2n) is 6.48. The second-order valence-corrected chi connectivity index (χ2v) is 9.10. The van der Waals surface area contributed by atoms with Gasteiger partial charge in [0.1, 0.15) is 6.04 Å². The number of allylic oxidation sites excluding steroid dienone is 2. The molecule has 2 aromatic rings. The molecule has 0 aliphatic heterocycles. The Labute approximate surface area is 150 Å². The van der Waals surface area contributed by atoms with E-state index in [0.717, 1.165) is 23.7 Å². The molecule has 0 saturated carbocycles. The Kier molecular flexibility index (Phi) is 5.92. The first-order valence-corrected chi connectivity index (χ1v) is 11.0. The van der Waals surface area contributed by atoms with Crippen LogP contribution in [0.4, 0.5) is 0 Å². The van der Waals surface area contributed by atoms with Gasteiger partial charge in [0.2, 0.25) is 0 Å². The van der Waals surface area contributed by atoms with Gasteiger partial charge in [-0.3, -0.25) is 0 Å². The summed E-state index contributed by atoms with van der Waals surface area (Å²) < 4.78 is 13.3. The van der Waals surface area contributed by atoms with Crippen molar-refractivity contribution >= 4 is 12.6 Å². The van der Waals surface area contributed by atoms with Crippen molar-refractivity contribution in [1.29, 1.82) is 0 Å². The fourth-order valence-electron chi connectivity index (χ4n) is 2.99. The molecule has 2 unspecified atom stereocenters. The maximum atomic E-state index is 13.3. The van der Waals surface area contributed by atoms with E-state index < -0.39 is 7.29 Å². The summed E-state index contributed by atoms with van der Waals surface area (Å²) in [6.45, 7) is 1.78. The van der Waals surface area contributed by atoms with Crippen LogP contribution in [0.1, 0.15) is 37.3 Å². The fraction of sp³-hybridized carbons (Fsp3) is 0.273. The zero-order chi connectivity index (χ0) is 17.5. The average molecular weight is 349 g/mol. The van der Waals surface area contributed by atoms with E-state index in [2.05, 4.69) is 23.0 Å². The van der Waals surface area contributed by atoms with E-state index in [-0.39, 0.29) is 6.04 Å². The van der Waals surface area contributed by atoms with Crippen molar-refractivity contribution in [2.75, 3.05) is 6.66 Å². The van der Waals surface area contributed by atoms with Crippen LogP contribution < -0.4 is 10.4 Å². The van der Waals surface area contributed by atoms with Crippen molar-refractivity contribution in [3.05, 3.63) is 77.9 Å². The molecule has 25 heavy (non-hydrogen) atoms. The minimum absolute atomic E-state index is 0.250. The Bertz CT molecular complexity index is 831. The Morgan fingerprint density at radius 2 is 1.68 bits per heavy atom. The molecule has 128 valence electrons. The summed E-state index contributed by atoms with van der Waals surface area (Å²) in [5.74, 6) is 6.65. The molecule has 3 heteroatoms. The summed E-state index contributed by atoms with van der Waals surface area (Å²) >= 11 is 0. The normalized spacial score (nSPS) is 17.6. The smallest absolute Gasteiger partial charge is 0.174 e. The third-order valence-corrected chi connectivity index (χ3v) is 6.46. The lowest BCUT2D eigenvalue weighted by Crippen LogP contribution is -2.23. The van der Waals surface area contributed by atoms with E-state index in [1.54, 1.807) is 6.66 Å². The van der Waals surface area contributed by atoms with Gasteiger partial charge < -0.3 is 4.57 Å². The summed E-state index contributed by atoms with van der Waals surface area (Å²) in [6, 6.07) is 19.4. The monoisotopic (exact) mass is 349 g/mol. The van der Waals surface area contributed by atoms with E-state index in [1.165, 1.54) is 18.4 Å². The van der Waals surface area contributed by atoms with Gasteiger partial charge in [0, 0.05) is 12.0 Å². The molecule has 2 nitrogen and oxygen atoms in total. The molecule has 2 atom stereocenters. The Hall–Kier alpha value is -2.07. The number of hydrogen-bond donors (Lipinski definition) is 1. The molecule has 1 N–H and O–H groups in total. The number of hydrogen-bond acceptors (Lipinski definition) is 1. The fourth-order valence-corrected chi connectivity index (χ4v) is 4.58. The minimum Gasteiger partial charge on any atom is -0.302 e. The maximum absolute atomic E-state index is 13.3. The lowest BCUT2D eigenvalue weighted by atomic mass is 9.99. The highest BCUT2D eigenvalue weighted by Gasteiger charge is 2.22. The van der Waals surface area contributed by atoms with Crippen molar-refractivity contribution in [1.82, 2.24) is 5.09 Å². The van der Waals surface area contributed by atoms with Gasteiger partial charge in [0.15, 0.2) is 7.29 Å². The SMILES string of the molecule is CP(=O)(NC(C#CC1=CCCCC1)c1ccccc1)c1ccccc1. The summed E-state index contributed by atoms with van der Waals surface area (Å²) in [4.78, 5) is 0. The van der Waals surface area contributed by atoms with Gasteiger partial charge >= 0.3 is 0 Å². The average Bonchev–Trinajstić information content (AvgIpc) is 2.67. The van der Waals surface area contributed by atoms with Gasteiger partial charge in [-0.2, -0.15) is 0 Å². The molecule has 2 aromatic carbocycles. The Morgan fingerprint density at radius 1 is 1.00 bits per heavy atom. The van der Waals surface area contributed by atoms with Gasteiger partial charge in [-0.05, 0) is 36.8 Å². The first-order valence-electron chi connectivity index (χ1n) is 8.81. The number of nitrogens with one attached hydrogen (secondary N) is 1. The number of benzene rings is 2. The number of rotatable bonds is 4. The third kappa shape index (κ3) is 4.95. The molecule has 3 rings (SSSR count). The molecule has 0 aromatic heterocycles. The van der Waals surface area contributed by atoms with Crippen molar-refractivity contribution in [2.24, 2.45) is 0 Å². The van der Waals surface area contributed by atoms with Crippen molar-refractivity contribution in [3.63, 3.8) is 0 Å². The second kappa shape index (κ2) is 8.34. The van der Waals surface area contributed by atoms with E-state index >= 15 is 0 Å². The van der Waals surface area contributed by atoms with Crippen molar-refractivity contribution in [3.8, 4) is 11.8 Å². The van der Waals surface area contributed by atoms with E-state index in [0.29, 0.717) is 0 Å². The molecule has 0 fully saturated rings. The first-order chi connectivity index (χ1) is 12.1. The molecule has 0 bridgehead atoms. The molecule has 0 saturated heterocycles. The zero-order valence-electron chi connectivity index (χ0n) is 14.6. The van der Waals surface area contributed by atoms with Gasteiger partial charge in [0.25, 0.3) is 0 Å². The van der Waals surface area contributed by atoms with Crippen LogP contribution in [-0.2, 0) is 4.57 Å². The highest BCUT2D eigenvalue weighted by Crippen LogP contribution is 2.38. The summed E-state index contributed by atoms with van der Waals surface area (Å²) in [6.07, 6.45) is 6.87. The molecule has 0 spiro atoms. The highest BCUT2D eigenvalue weighted by atomic mass is 31.2. The maximum Gasteiger partial charge on any atom is 0.174 e. The lowest BCUT2D eigenvalue weighted by molar-refractivity contribution is 0.572. The van der Waals surface area contributed by atoms with Crippen LogP contribution in [0.2, 0.25) is 0 Å². The molecule has 1 aliphatic rings. The predicted molar refractivity (Wildman–Crippen MR) is 106 cm³/mol. The van der Waals surface area contributed by atoms with Gasteiger partial charge in [-0.25, -0.2) is 5.09 Å². The lowest BCUT2D eigenvalue weighted by Gasteiger charge is -2.21. The van der Waals surface area contributed by atoms with E-state index in [9.17, 15) is 4.57 Å². The zero-order valence-corrected chi connectivity index (χ0v) is 15.5. The quantitative estimate of drug-likeness (QED) is 0.618. The highest BCUT2D eigenvalue weighted by molar-refractivity contribution is 7.69. The van der Waals surface area contributed by atoms with Gasteiger partial charge in [-0.15, -0.1) is 0 Å². The van der Waals surface area contributed by atoms with Crippen molar-refractivity contribution < 1.29 is 4.57 Å². The molecular formula is C22H24NOP. The van der Waals surface area contributed by atoms with Crippen LogP contribution in [0.5, 0.6) is 0 Å². The van der Waals surface area contributed by atoms with Crippen LogP contribution in [0.3, 0.4) is 0 Å². The summed E-state index contributed by atoms with van der Waals surface area (Å²) in [7, 11) is -2.71. The van der Waals surface area contributed by atoms with Crippen LogP contribution in [0.25, 0.3) is 0 Å². The summed E-state index contributed by atoms with van der Waals surface area (Å²) in [5.41, 5.74) is 2.25. The topological polar surface area (TPSA) is 29.1 Å². The molecule has 0 heterocycles. The predicted octanol–water partition coefficient (Wildman–Crippen LogP) is 5.05. The standard InChI is InChI=1S/C22H24NOP/c1-25(24,21-15-9-4-10-16-21)23-22(20-13-7-3-8-14-20)18-17-19-11-5-2-6-12-19/h3-4,7-11,13-16,22H,2,5-6,12H2,1H3,(H,23,24). The minimum atomic E-state index is -2.71. The molecule has 1 aliphatic carbocycles. The molecule has 0 radical (unpaired) electrons. The Balaban J connectivity index is 1.88. The molecular weight excluding hydrogens is 325 g/mol. The van der Waals surface area contributed by atoms with Gasteiger partial charge in [0.05, 0.1) is 0 Å². The molecule has 0 amide bonds. The van der Waals surface area contributed by atoms with Crippen LogP contribution in [0, 0.1) is 11.8 Å². The van der Waals surface area contributed by atoms with E-state index in [1.807, 2.05) is 60.7 Å². The van der Waals surface area contributed by atoms with E-state index in [4.69, 9.17) is 0 Å². The first kappa shape index (κ1) is 17.7. The van der Waals surface area contributed by atoms with Crippen molar-refractivity contribution in [2.45, 2.75) is 31.7 Å². The van der Waals surface area contributed by atoms with Gasteiger partial charge in [-0.1, -0.05) is 78.6 Å². The largest absolute Gasteiger partial charge is 0.302 e. The Morgan fingerprint density at radius 3 is 2.32 bits per heavy atom. The third-order valence-electron chi connectivity index (χ3n) is 4.43. The van der Waals surface area contributed by atoms with Crippen LogP contribution in [0.15, 0.2) is 72.3 Å². The van der Waals surface area contributed by atoms with Crippen LogP contribution in [-0.4, -0.2) is 6.66 Å².